The number of hydrogen-bond donors (Lipinski definition) is 0. The molecule has 0 unspecified atom stereocenters. The number of rotatable bonds is 4. The van der Waals surface area contributed by atoms with E-state index in [0.29, 0.717) is 0 Å². The van der Waals surface area contributed by atoms with Crippen molar-refractivity contribution in [2.24, 2.45) is 0 Å². The van der Waals surface area contributed by atoms with E-state index in [0.717, 1.165) is 35.6 Å². The Bertz CT molecular complexity index is 721. The first-order chi connectivity index (χ1) is 12.9. The van der Waals surface area contributed by atoms with Gasteiger partial charge in [0.05, 0.1) is 0 Å². The molecule has 0 aliphatic carbocycles. The third-order valence-corrected chi connectivity index (χ3v) is 3.63. The van der Waals surface area contributed by atoms with E-state index in [-0.39, 0.29) is 17.1 Å². The van der Waals surface area contributed by atoms with E-state index in [9.17, 15) is 0 Å². The van der Waals surface area contributed by atoms with Gasteiger partial charge in [-0.3, -0.25) is 19.9 Å². The Morgan fingerprint density at radius 2 is 0.667 bits per heavy atom. The monoisotopic (exact) mass is 403 g/mol. The maximum absolute atomic E-state index is 4.23. The van der Waals surface area contributed by atoms with Crippen LogP contribution in [0.25, 0.3) is 0 Å². The van der Waals surface area contributed by atoms with Gasteiger partial charge in [0, 0.05) is 77.5 Å². The molecular formula is C22H20CuN4. The van der Waals surface area contributed by atoms with Gasteiger partial charge in [0.2, 0.25) is 0 Å². The summed E-state index contributed by atoms with van der Waals surface area (Å²) in [4.78, 5) is 16.9. The molecule has 0 bridgehead atoms. The van der Waals surface area contributed by atoms with Crippen LogP contribution in [0.2, 0.25) is 0 Å². The Morgan fingerprint density at radius 1 is 0.407 bits per heavy atom. The number of aromatic nitrogens is 4. The summed E-state index contributed by atoms with van der Waals surface area (Å²) in [6, 6.07) is 23.7. The van der Waals surface area contributed by atoms with Crippen LogP contribution in [0.3, 0.4) is 0 Å². The molecule has 0 N–H and O–H groups in total. The Labute approximate surface area is 170 Å². The van der Waals surface area contributed by atoms with Crippen LogP contribution in [0.15, 0.2) is 97.6 Å². The van der Waals surface area contributed by atoms with Gasteiger partial charge in [0.15, 0.2) is 0 Å². The van der Waals surface area contributed by atoms with Gasteiger partial charge in [-0.15, -0.1) is 0 Å². The molecule has 0 amide bonds. The van der Waals surface area contributed by atoms with Crippen molar-refractivity contribution in [1.82, 2.24) is 19.9 Å². The standard InChI is InChI=1S/2C11H10N2.Cu/c2*1-3-7-12-10(5-1)9-11-6-2-4-8-13-11;/h2*1-8H,9H2;. The Kier molecular flexibility index (Phi) is 8.84. The van der Waals surface area contributed by atoms with Gasteiger partial charge in [-0.2, -0.15) is 0 Å². The van der Waals surface area contributed by atoms with E-state index < -0.39 is 0 Å². The SMILES string of the molecule is [Cu].c1ccc(Cc2ccccn2)nc1.c1ccc(Cc2ccccn2)nc1. The summed E-state index contributed by atoms with van der Waals surface area (Å²) in [7, 11) is 0. The molecule has 4 nitrogen and oxygen atoms in total. The average molecular weight is 404 g/mol. The zero-order valence-corrected chi connectivity index (χ0v) is 15.7. The number of nitrogens with zero attached hydrogens (tertiary/aromatic N) is 4. The van der Waals surface area contributed by atoms with Crippen LogP contribution < -0.4 is 0 Å². The van der Waals surface area contributed by atoms with Crippen LogP contribution in [0, 0.1) is 0 Å². The van der Waals surface area contributed by atoms with Crippen LogP contribution in [0.1, 0.15) is 22.8 Å². The maximum Gasteiger partial charge on any atom is 0.0463 e. The van der Waals surface area contributed by atoms with Crippen LogP contribution >= 0.6 is 0 Å². The van der Waals surface area contributed by atoms with Crippen molar-refractivity contribution in [2.45, 2.75) is 12.8 Å². The van der Waals surface area contributed by atoms with Crippen LogP contribution in [-0.4, -0.2) is 19.9 Å². The molecule has 0 aliphatic rings. The Morgan fingerprint density at radius 3 is 0.852 bits per heavy atom. The first-order valence-electron chi connectivity index (χ1n) is 8.50. The van der Waals surface area contributed by atoms with E-state index in [1.807, 2.05) is 72.8 Å². The zero-order valence-electron chi connectivity index (χ0n) is 14.7. The predicted octanol–water partition coefficient (Wildman–Crippen LogP) is 4.13. The molecule has 0 aromatic carbocycles. The van der Waals surface area contributed by atoms with Crippen molar-refractivity contribution >= 4 is 0 Å². The van der Waals surface area contributed by atoms with Gasteiger partial charge in [0.25, 0.3) is 0 Å². The van der Waals surface area contributed by atoms with Crippen molar-refractivity contribution in [2.75, 3.05) is 0 Å². The summed E-state index contributed by atoms with van der Waals surface area (Å²) < 4.78 is 0. The van der Waals surface area contributed by atoms with Gasteiger partial charge in [-0.25, -0.2) is 0 Å². The summed E-state index contributed by atoms with van der Waals surface area (Å²) >= 11 is 0. The molecule has 5 heteroatoms. The van der Waals surface area contributed by atoms with E-state index in [1.54, 1.807) is 24.8 Å². The normalized spacial score (nSPS) is 9.48. The molecule has 4 rings (SSSR count). The minimum Gasteiger partial charge on any atom is -0.261 e. The summed E-state index contributed by atoms with van der Waals surface area (Å²) in [6.07, 6.45) is 8.83. The molecular weight excluding hydrogens is 384 g/mol. The fourth-order valence-corrected chi connectivity index (χ4v) is 2.38. The van der Waals surface area contributed by atoms with E-state index in [2.05, 4.69) is 19.9 Å². The first kappa shape index (κ1) is 20.4. The number of hydrogen-bond acceptors (Lipinski definition) is 4. The van der Waals surface area contributed by atoms with Gasteiger partial charge < -0.3 is 0 Å². The van der Waals surface area contributed by atoms with Gasteiger partial charge in [-0.1, -0.05) is 24.3 Å². The Balaban J connectivity index is 0.000000187. The van der Waals surface area contributed by atoms with Crippen LogP contribution in [0.5, 0.6) is 0 Å². The smallest absolute Gasteiger partial charge is 0.0463 e. The molecule has 0 aliphatic heterocycles. The molecule has 0 fully saturated rings. The quantitative estimate of drug-likeness (QED) is 0.481. The fraction of sp³-hybridized carbons (Fsp3) is 0.0909. The zero-order chi connectivity index (χ0) is 17.9. The summed E-state index contributed by atoms with van der Waals surface area (Å²) in [5, 5.41) is 0. The topological polar surface area (TPSA) is 51.6 Å². The molecule has 0 spiro atoms. The van der Waals surface area contributed by atoms with E-state index in [1.165, 1.54) is 0 Å². The van der Waals surface area contributed by atoms with E-state index >= 15 is 0 Å². The minimum absolute atomic E-state index is 0. The maximum atomic E-state index is 4.23. The molecule has 4 aromatic heterocycles. The molecule has 0 saturated heterocycles. The molecule has 0 atom stereocenters. The predicted molar refractivity (Wildman–Crippen MR) is 103 cm³/mol. The largest absolute Gasteiger partial charge is 0.261 e. The van der Waals surface area contributed by atoms with Crippen LogP contribution in [0.4, 0.5) is 0 Å². The fourth-order valence-electron chi connectivity index (χ4n) is 2.38. The van der Waals surface area contributed by atoms with E-state index in [4.69, 9.17) is 0 Å². The summed E-state index contributed by atoms with van der Waals surface area (Å²) in [5.74, 6) is 0. The van der Waals surface area contributed by atoms with Gasteiger partial charge in [0.1, 0.15) is 0 Å². The van der Waals surface area contributed by atoms with Crippen molar-refractivity contribution in [3.8, 4) is 0 Å². The Hall–Kier alpha value is -2.88. The second kappa shape index (κ2) is 11.7. The molecule has 139 valence electrons. The molecule has 1 radical (unpaired) electrons. The number of pyridine rings is 4. The van der Waals surface area contributed by atoms with Crippen LogP contribution in [-0.2, 0) is 29.9 Å². The van der Waals surface area contributed by atoms with Crippen molar-refractivity contribution in [1.29, 1.82) is 0 Å². The average Bonchev–Trinajstić information content (AvgIpc) is 2.72. The third kappa shape index (κ3) is 7.48. The third-order valence-electron chi connectivity index (χ3n) is 3.63. The molecule has 27 heavy (non-hydrogen) atoms. The summed E-state index contributed by atoms with van der Waals surface area (Å²) in [5.41, 5.74) is 4.23. The molecule has 4 heterocycles. The van der Waals surface area contributed by atoms with Gasteiger partial charge in [-0.05, 0) is 48.5 Å². The minimum atomic E-state index is 0. The van der Waals surface area contributed by atoms with Crippen molar-refractivity contribution in [3.05, 3.63) is 120 Å². The second-order valence-corrected chi connectivity index (χ2v) is 5.64. The summed E-state index contributed by atoms with van der Waals surface area (Å²) in [6.45, 7) is 0. The first-order valence-corrected chi connectivity index (χ1v) is 8.50. The van der Waals surface area contributed by atoms with Crippen molar-refractivity contribution < 1.29 is 17.1 Å². The molecule has 0 saturated carbocycles. The second-order valence-electron chi connectivity index (χ2n) is 5.64. The van der Waals surface area contributed by atoms with Crippen molar-refractivity contribution in [3.63, 3.8) is 0 Å². The molecule has 4 aromatic rings. The van der Waals surface area contributed by atoms with Gasteiger partial charge >= 0.3 is 0 Å².